The van der Waals surface area contributed by atoms with E-state index in [1.165, 1.54) is 12.8 Å². The number of alkyl halides is 1. The Morgan fingerprint density at radius 1 is 1.69 bits per heavy atom. The van der Waals surface area contributed by atoms with Crippen LogP contribution in [0.3, 0.4) is 0 Å². The van der Waals surface area contributed by atoms with Gasteiger partial charge >= 0.3 is 0 Å². The molecule has 13 heavy (non-hydrogen) atoms. The molecule has 1 heterocycles. The zero-order chi connectivity index (χ0) is 9.68. The first kappa shape index (κ1) is 10.8. The van der Waals surface area contributed by atoms with Crippen molar-refractivity contribution in [1.29, 1.82) is 0 Å². The molecule has 1 unspecified atom stereocenters. The van der Waals surface area contributed by atoms with Gasteiger partial charge in [-0.1, -0.05) is 6.92 Å². The Morgan fingerprint density at radius 2 is 2.46 bits per heavy atom. The second-order valence-electron chi connectivity index (χ2n) is 3.36. The number of amides is 1. The maximum absolute atomic E-state index is 10.9. The summed E-state index contributed by atoms with van der Waals surface area (Å²) in [5.74, 6) is 0.00313. The fourth-order valence-corrected chi connectivity index (χ4v) is 1.92. The highest BCUT2D eigenvalue weighted by atomic mass is 35.5. The van der Waals surface area contributed by atoms with Gasteiger partial charge < -0.3 is 5.32 Å². The first-order valence-corrected chi connectivity index (χ1v) is 5.38. The summed E-state index contributed by atoms with van der Waals surface area (Å²) in [5.41, 5.74) is 0. The molecule has 0 radical (unpaired) electrons. The standard InChI is InChI=1S/C9H17ClN2O/c1-2-12-5-3-4-8(12)7-11-9(13)6-10/h8H,2-7H2,1H3,(H,11,13). The van der Waals surface area contributed by atoms with Crippen LogP contribution in [0.15, 0.2) is 0 Å². The summed E-state index contributed by atoms with van der Waals surface area (Å²) in [6.45, 7) is 5.14. The molecular weight excluding hydrogens is 188 g/mol. The zero-order valence-corrected chi connectivity index (χ0v) is 8.81. The minimum Gasteiger partial charge on any atom is -0.353 e. The van der Waals surface area contributed by atoms with E-state index in [0.717, 1.165) is 19.6 Å². The smallest absolute Gasteiger partial charge is 0.234 e. The Bertz CT molecular complexity index is 175. The maximum Gasteiger partial charge on any atom is 0.234 e. The van der Waals surface area contributed by atoms with Crippen LogP contribution in [0.25, 0.3) is 0 Å². The van der Waals surface area contributed by atoms with E-state index in [1.54, 1.807) is 0 Å². The molecule has 0 aliphatic carbocycles. The van der Waals surface area contributed by atoms with Crippen molar-refractivity contribution >= 4 is 17.5 Å². The molecule has 0 aromatic carbocycles. The van der Waals surface area contributed by atoms with Gasteiger partial charge in [0.05, 0.1) is 0 Å². The molecule has 1 rings (SSSR count). The zero-order valence-electron chi connectivity index (χ0n) is 8.05. The number of rotatable bonds is 4. The predicted molar refractivity (Wildman–Crippen MR) is 54.0 cm³/mol. The molecule has 1 saturated heterocycles. The first-order chi connectivity index (χ1) is 6.27. The third kappa shape index (κ3) is 3.16. The fraction of sp³-hybridized carbons (Fsp3) is 0.889. The van der Waals surface area contributed by atoms with Crippen molar-refractivity contribution in [2.75, 3.05) is 25.5 Å². The molecule has 1 fully saturated rings. The predicted octanol–water partition coefficient (Wildman–Crippen LogP) is 0.826. The molecule has 0 bridgehead atoms. The molecule has 0 aromatic rings. The van der Waals surface area contributed by atoms with E-state index in [-0.39, 0.29) is 11.8 Å². The van der Waals surface area contributed by atoms with Gasteiger partial charge in [-0.15, -0.1) is 11.6 Å². The second kappa shape index (κ2) is 5.45. The number of hydrogen-bond acceptors (Lipinski definition) is 2. The Kier molecular flexibility index (Phi) is 4.53. The van der Waals surface area contributed by atoms with Crippen LogP contribution >= 0.6 is 11.6 Å². The maximum atomic E-state index is 10.9. The van der Waals surface area contributed by atoms with Crippen LogP contribution in [0.4, 0.5) is 0 Å². The van der Waals surface area contributed by atoms with Crippen LogP contribution in [0.1, 0.15) is 19.8 Å². The van der Waals surface area contributed by atoms with Gasteiger partial charge in [-0.3, -0.25) is 9.69 Å². The van der Waals surface area contributed by atoms with E-state index >= 15 is 0 Å². The highest BCUT2D eigenvalue weighted by Crippen LogP contribution is 2.15. The van der Waals surface area contributed by atoms with E-state index in [4.69, 9.17) is 11.6 Å². The highest BCUT2D eigenvalue weighted by molar-refractivity contribution is 6.27. The van der Waals surface area contributed by atoms with E-state index < -0.39 is 0 Å². The van der Waals surface area contributed by atoms with Gasteiger partial charge in [-0.2, -0.15) is 0 Å². The minimum absolute atomic E-state index is 0.0652. The largest absolute Gasteiger partial charge is 0.353 e. The molecule has 4 heteroatoms. The summed E-state index contributed by atoms with van der Waals surface area (Å²) in [5, 5.41) is 2.83. The third-order valence-corrected chi connectivity index (χ3v) is 2.80. The topological polar surface area (TPSA) is 32.3 Å². The van der Waals surface area contributed by atoms with Crippen molar-refractivity contribution in [2.45, 2.75) is 25.8 Å². The summed E-state index contributed by atoms with van der Waals surface area (Å²) in [4.78, 5) is 13.3. The summed E-state index contributed by atoms with van der Waals surface area (Å²) < 4.78 is 0. The number of halogens is 1. The lowest BCUT2D eigenvalue weighted by atomic mass is 10.2. The van der Waals surface area contributed by atoms with Crippen LogP contribution in [0.2, 0.25) is 0 Å². The van der Waals surface area contributed by atoms with Crippen LogP contribution in [0.5, 0.6) is 0 Å². The number of carbonyl (C=O) groups is 1. The number of carbonyl (C=O) groups excluding carboxylic acids is 1. The lowest BCUT2D eigenvalue weighted by Crippen LogP contribution is -2.40. The highest BCUT2D eigenvalue weighted by Gasteiger charge is 2.22. The normalized spacial score (nSPS) is 23.4. The number of likely N-dealkylation sites (tertiary alicyclic amines) is 1. The van der Waals surface area contributed by atoms with Crippen molar-refractivity contribution in [1.82, 2.24) is 10.2 Å². The molecule has 0 spiro atoms. The van der Waals surface area contributed by atoms with Gasteiger partial charge in [0, 0.05) is 12.6 Å². The third-order valence-electron chi connectivity index (χ3n) is 2.56. The molecule has 0 saturated carbocycles. The molecule has 3 nitrogen and oxygen atoms in total. The van der Waals surface area contributed by atoms with Crippen LogP contribution < -0.4 is 5.32 Å². The van der Waals surface area contributed by atoms with Crippen molar-refractivity contribution in [3.63, 3.8) is 0 Å². The van der Waals surface area contributed by atoms with E-state index in [9.17, 15) is 4.79 Å². The van der Waals surface area contributed by atoms with E-state index in [1.807, 2.05) is 0 Å². The van der Waals surface area contributed by atoms with E-state index in [0.29, 0.717) is 6.04 Å². The summed E-state index contributed by atoms with van der Waals surface area (Å²) in [6.07, 6.45) is 2.44. The van der Waals surface area contributed by atoms with E-state index in [2.05, 4.69) is 17.1 Å². The lowest BCUT2D eigenvalue weighted by molar-refractivity contribution is -0.118. The Balaban J connectivity index is 2.23. The van der Waals surface area contributed by atoms with Gasteiger partial charge in [0.1, 0.15) is 5.88 Å². The Labute approximate surface area is 84.4 Å². The molecule has 1 aliphatic heterocycles. The molecule has 0 aromatic heterocycles. The molecule has 1 amide bonds. The van der Waals surface area contributed by atoms with Crippen molar-refractivity contribution in [2.24, 2.45) is 0 Å². The fourth-order valence-electron chi connectivity index (χ4n) is 1.82. The van der Waals surface area contributed by atoms with Crippen molar-refractivity contribution in [3.8, 4) is 0 Å². The Hall–Kier alpha value is -0.280. The second-order valence-corrected chi connectivity index (χ2v) is 3.63. The monoisotopic (exact) mass is 204 g/mol. The average molecular weight is 205 g/mol. The first-order valence-electron chi connectivity index (χ1n) is 4.84. The van der Waals surface area contributed by atoms with Crippen molar-refractivity contribution < 1.29 is 4.79 Å². The van der Waals surface area contributed by atoms with Crippen molar-refractivity contribution in [3.05, 3.63) is 0 Å². The SMILES string of the molecule is CCN1CCCC1CNC(=O)CCl. The molecule has 1 N–H and O–H groups in total. The molecule has 76 valence electrons. The van der Waals surface area contributed by atoms with Crippen LogP contribution in [0, 0.1) is 0 Å². The lowest BCUT2D eigenvalue weighted by Gasteiger charge is -2.22. The molecule has 1 aliphatic rings. The number of nitrogens with zero attached hydrogens (tertiary/aromatic N) is 1. The average Bonchev–Trinajstić information content (AvgIpc) is 2.61. The summed E-state index contributed by atoms with van der Waals surface area (Å²) in [7, 11) is 0. The summed E-state index contributed by atoms with van der Waals surface area (Å²) >= 11 is 5.38. The summed E-state index contributed by atoms with van der Waals surface area (Å²) in [6, 6.07) is 0.525. The number of likely N-dealkylation sites (N-methyl/N-ethyl adjacent to an activating group) is 1. The van der Waals surface area contributed by atoms with Gasteiger partial charge in [-0.05, 0) is 25.9 Å². The van der Waals surface area contributed by atoms with Gasteiger partial charge in [-0.25, -0.2) is 0 Å². The minimum atomic E-state index is -0.0652. The number of hydrogen-bond donors (Lipinski definition) is 1. The van der Waals surface area contributed by atoms with Gasteiger partial charge in [0.15, 0.2) is 0 Å². The van der Waals surface area contributed by atoms with Crippen LogP contribution in [-0.2, 0) is 4.79 Å². The molecule has 1 atom stereocenters. The van der Waals surface area contributed by atoms with Gasteiger partial charge in [0.2, 0.25) is 5.91 Å². The quantitative estimate of drug-likeness (QED) is 0.688. The van der Waals surface area contributed by atoms with Gasteiger partial charge in [0.25, 0.3) is 0 Å². The Morgan fingerprint density at radius 3 is 3.08 bits per heavy atom. The van der Waals surface area contributed by atoms with Crippen LogP contribution in [-0.4, -0.2) is 42.4 Å². The number of nitrogens with one attached hydrogen (secondary N) is 1. The molecular formula is C9H17ClN2O.